The average molecular weight is 1960 g/mol. The number of phosphoric ester groups is 1. The van der Waals surface area contributed by atoms with Crippen LogP contribution in [0.1, 0.15) is 6.42 Å². The first-order chi connectivity index (χ1) is 61.5. The summed E-state index contributed by atoms with van der Waals surface area (Å²) in [7, 11) is -6.14. The molecular weight excluding hydrogens is 1840 g/mol. The molecule has 10 saturated heterocycles. The molecule has 56 atom stereocenters. The lowest BCUT2D eigenvalue weighted by molar-refractivity contribution is -0.419. The van der Waals surface area contributed by atoms with Crippen molar-refractivity contribution < 1.29 is 303 Å². The zero-order chi connectivity index (χ0) is 97.3. The second-order valence-corrected chi connectivity index (χ2v) is 33.8. The SMILES string of the molecule is N[C@H]1[C@@H](OC[C@H](O)[C@H]2O[C@H](O[C@@H]3[C@@H](O[C@@H]4[C@H](O)[C@@H](O[C@H]5[C@@H]([C@H](O)CO)O[C@@](O)(C(=O)O)C[C@H]5OP(=O)(O)O)O[C@H]([C@H](CO)O[C@H]5O[C@H]([C@@H](O)CO)[C@@H](O)[C@H](O)[C@@H]5O)[C@H]4O[C@@H]4O[C@H](CO[C@H]5O[C@H]([C@@H](CO)O[C@H]6O[C@H]([C@H](O)CO)[C@@H](O)[C@H](O)[C@@H]6O)[C@@H](O[C@@H]6O[C@H](CO)[C@H](O)[C@H](O)[C@H]6O)[C@H](O)[C@@H]5O)[C@@H](O)[C@H](O)[C@H]4O)O[C@H]([C@@H](O)CO)[C@@H](O)[C@@H]3O)[C@@H](O)[C@@H](O)[C@@H]2O)O[C@H](CO)[C@@H](O)[C@@H]1O. The molecular formula is C68H118NO61P. The van der Waals surface area contributed by atoms with Gasteiger partial charge in [-0.15, -0.1) is 0 Å². The van der Waals surface area contributed by atoms with Crippen molar-refractivity contribution in [3.63, 3.8) is 0 Å². The zero-order valence-corrected chi connectivity index (χ0v) is 68.9. The van der Waals surface area contributed by atoms with Crippen molar-refractivity contribution in [3.8, 4) is 0 Å². The van der Waals surface area contributed by atoms with E-state index in [1.807, 2.05) is 0 Å². The second kappa shape index (κ2) is 46.8. The first kappa shape index (κ1) is 110. The fourth-order valence-electron chi connectivity index (χ4n) is 16.3. The Morgan fingerprint density at radius 3 is 1.14 bits per heavy atom. The normalized spacial score (nSPS) is 49.2. The molecule has 0 spiro atoms. The molecule has 0 bridgehead atoms. The molecule has 766 valence electrons. The van der Waals surface area contributed by atoms with Crippen LogP contribution in [-0.4, -0.2) is 614 Å². The summed E-state index contributed by atoms with van der Waals surface area (Å²) in [6.07, 6.45) is -135. The van der Waals surface area contributed by atoms with Crippen LogP contribution < -0.4 is 5.73 Å². The molecule has 0 aromatic rings. The Morgan fingerprint density at radius 2 is 0.672 bits per heavy atom. The van der Waals surface area contributed by atoms with Gasteiger partial charge in [-0.2, -0.15) is 0 Å². The second-order valence-electron chi connectivity index (χ2n) is 32.6. The molecule has 131 heavy (non-hydrogen) atoms. The number of aliphatic hydroxyl groups is 36. The van der Waals surface area contributed by atoms with Crippen molar-refractivity contribution in [1.29, 1.82) is 0 Å². The molecule has 0 aromatic heterocycles. The lowest BCUT2D eigenvalue weighted by Gasteiger charge is -2.53. The van der Waals surface area contributed by atoms with E-state index in [0.29, 0.717) is 0 Å². The molecule has 0 saturated carbocycles. The molecule has 0 unspecified atom stereocenters. The van der Waals surface area contributed by atoms with Gasteiger partial charge in [0, 0.05) is 6.42 Å². The van der Waals surface area contributed by atoms with Crippen molar-refractivity contribution in [2.75, 3.05) is 66.1 Å². The zero-order valence-electron chi connectivity index (χ0n) is 68.0. The number of aliphatic hydroxyl groups excluding tert-OH is 35. The highest BCUT2D eigenvalue weighted by Gasteiger charge is 2.65. The van der Waals surface area contributed by atoms with Crippen molar-refractivity contribution in [1.82, 2.24) is 0 Å². The van der Waals surface area contributed by atoms with Crippen LogP contribution in [0.4, 0.5) is 0 Å². The summed E-state index contributed by atoms with van der Waals surface area (Å²) in [4.78, 5) is 33.2. The summed E-state index contributed by atoms with van der Waals surface area (Å²) in [5, 5.41) is 411. The summed E-state index contributed by atoms with van der Waals surface area (Å²) >= 11 is 0. The number of hydrogen-bond acceptors (Lipinski definition) is 59. The third-order valence-electron chi connectivity index (χ3n) is 23.8. The predicted octanol–water partition coefficient (Wildman–Crippen LogP) is -26.7. The number of phosphoric acid groups is 1. The minimum Gasteiger partial charge on any atom is -0.477 e. The van der Waals surface area contributed by atoms with E-state index in [2.05, 4.69) is 0 Å². The lowest BCUT2D eigenvalue weighted by atomic mass is 9.91. The molecule has 0 aliphatic carbocycles. The van der Waals surface area contributed by atoms with Crippen molar-refractivity contribution in [3.05, 3.63) is 0 Å². The Labute approximate surface area is 735 Å². The van der Waals surface area contributed by atoms with Crippen LogP contribution in [0.15, 0.2) is 0 Å². The first-order valence-electron chi connectivity index (χ1n) is 40.6. The van der Waals surface area contributed by atoms with Crippen molar-refractivity contribution in [2.24, 2.45) is 5.73 Å². The molecule has 10 aliphatic rings. The van der Waals surface area contributed by atoms with Gasteiger partial charge in [0.2, 0.25) is 0 Å². The summed E-state index contributed by atoms with van der Waals surface area (Å²) in [6.45, 7) is -13.4. The van der Waals surface area contributed by atoms with Gasteiger partial charge in [-0.3, -0.25) is 4.52 Å². The van der Waals surface area contributed by atoms with Gasteiger partial charge in [-0.05, 0) is 0 Å². The highest BCUT2D eigenvalue weighted by molar-refractivity contribution is 7.46. The Balaban J connectivity index is 1.07. The van der Waals surface area contributed by atoms with Gasteiger partial charge in [-0.25, -0.2) is 9.36 Å². The maximum Gasteiger partial charge on any atom is 0.469 e. The lowest BCUT2D eigenvalue weighted by Crippen LogP contribution is -2.71. The van der Waals surface area contributed by atoms with E-state index in [4.69, 9.17) is 100 Å². The number of rotatable bonds is 38. The largest absolute Gasteiger partial charge is 0.477 e. The van der Waals surface area contributed by atoms with Gasteiger partial charge in [0.15, 0.2) is 56.6 Å². The predicted molar refractivity (Wildman–Crippen MR) is 390 cm³/mol. The number of nitrogens with two attached hydrogens (primary N) is 1. The van der Waals surface area contributed by atoms with Gasteiger partial charge in [0.1, 0.15) is 275 Å². The Morgan fingerprint density at radius 1 is 0.336 bits per heavy atom. The van der Waals surface area contributed by atoms with E-state index in [1.165, 1.54) is 0 Å². The number of carboxylic acids is 1. The maximum atomic E-state index is 13.2. The third kappa shape index (κ3) is 24.1. The minimum atomic E-state index is -6.14. The van der Waals surface area contributed by atoms with Gasteiger partial charge in [-0.1, -0.05) is 0 Å². The van der Waals surface area contributed by atoms with Gasteiger partial charge in [0.05, 0.1) is 72.1 Å². The van der Waals surface area contributed by atoms with Gasteiger partial charge >= 0.3 is 13.8 Å². The van der Waals surface area contributed by atoms with Crippen LogP contribution >= 0.6 is 7.82 Å². The van der Waals surface area contributed by atoms with Crippen LogP contribution in [-0.2, 0) is 104 Å². The quantitative estimate of drug-likeness (QED) is 0.0255. The number of hydrogen-bond donors (Lipinski definition) is 40. The van der Waals surface area contributed by atoms with Crippen molar-refractivity contribution >= 4 is 13.8 Å². The Bertz CT molecular complexity index is 3510. The topological polar surface area (TPSA) is 1030 Å². The molecule has 63 heteroatoms. The number of carboxylic acid groups (broad SMARTS) is 1. The van der Waals surface area contributed by atoms with E-state index in [-0.39, 0.29) is 0 Å². The Kier molecular flexibility index (Phi) is 39.4. The minimum absolute atomic E-state index is 0.947. The molecule has 10 aliphatic heterocycles. The van der Waals surface area contributed by atoms with Crippen LogP contribution in [0.3, 0.4) is 0 Å². The summed E-state index contributed by atoms with van der Waals surface area (Å²) in [5.74, 6) is -6.13. The van der Waals surface area contributed by atoms with Gasteiger partial charge in [0.25, 0.3) is 5.79 Å². The summed E-state index contributed by atoms with van der Waals surface area (Å²) in [6, 6.07) is -1.65. The number of carbonyl (C=O) groups is 1. The molecule has 62 nitrogen and oxygen atoms in total. The third-order valence-corrected chi connectivity index (χ3v) is 24.3. The van der Waals surface area contributed by atoms with Crippen LogP contribution in [0.5, 0.6) is 0 Å². The molecule has 10 heterocycles. The fourth-order valence-corrected chi connectivity index (χ4v) is 16.8. The van der Waals surface area contributed by atoms with Crippen LogP contribution in [0.25, 0.3) is 0 Å². The summed E-state index contributed by atoms with van der Waals surface area (Å²) in [5.41, 5.74) is 5.97. The number of ether oxygens (including phenoxy) is 19. The molecule has 0 amide bonds. The van der Waals surface area contributed by atoms with E-state index in [1.54, 1.807) is 0 Å². The maximum absolute atomic E-state index is 13.2. The van der Waals surface area contributed by atoms with E-state index >= 15 is 0 Å². The fraction of sp³-hybridized carbons (Fsp3) is 0.985. The molecule has 0 radical (unpaired) electrons. The van der Waals surface area contributed by atoms with Crippen LogP contribution in [0.2, 0.25) is 0 Å². The van der Waals surface area contributed by atoms with Crippen LogP contribution in [0, 0.1) is 0 Å². The number of aliphatic carboxylic acids is 1. The van der Waals surface area contributed by atoms with Crippen molar-refractivity contribution in [2.45, 2.75) is 350 Å². The molecule has 41 N–H and O–H groups in total. The van der Waals surface area contributed by atoms with Gasteiger partial charge < -0.3 is 294 Å². The molecule has 10 fully saturated rings. The molecule has 0 aromatic carbocycles. The smallest absolute Gasteiger partial charge is 0.469 e. The standard InChI is InChI=1S/C68H118NO61P/c69-23-27(86)24(83)18(6-74)113-58(23)111-10-16(82)49-35(94)32(91)43(102)64(120-49)127-56-37(96)36(95)48(14(80)4-72)121-66(56)126-55-45(104)65(123-51-17(130-131(108,109)110)1-68(107,67(105)106)129-50(51)15(81)5-73)124-53(21(9-77)116-62-42(101)31(90)34(93)47(119-62)13(79)3-71)57(55)128-63-40(99)29(88)26(85)22(117-63)11-112-59-44(103)38(97)54(125-60-39(98)28(87)25(84)19(7-75)114-60)52(122-59)20(8-76)115-61-41(100)30(89)33(92)46(118-61)12(78)2-70/h12-66,70-104,107H,1-11,69H2,(H,105,106)(H2,108,109,110)/t12-,13+,14+,15-,16+,17-,18-,19-,20-,21+,22-,23-,24-,25+,26-,27-,28+,29+,30+,31+,32+,33+,34+,35+,36+,37+,38-,39-,40-,41+,42+,43+,44+,45+,46-,47-,48-,49-,50-,51-,52-,53-,54+,55-,56+,57-,58+,59+,60+,61+,62+,63+,64-,65+,66-,68-/m1/s1. The van der Waals surface area contributed by atoms with E-state index in [0.717, 1.165) is 0 Å². The average Bonchev–Trinajstić information content (AvgIpc) is 0.748. The molecule has 10 rings (SSSR count). The van der Waals surface area contributed by atoms with E-state index in [9.17, 15) is 208 Å². The van der Waals surface area contributed by atoms with E-state index < -0.39 is 429 Å². The summed E-state index contributed by atoms with van der Waals surface area (Å²) < 4.78 is 128. The highest BCUT2D eigenvalue weighted by Crippen LogP contribution is 2.47. The monoisotopic (exact) mass is 1960 g/mol. The first-order valence-corrected chi connectivity index (χ1v) is 42.1. The Hall–Kier alpha value is -2.66. The highest BCUT2D eigenvalue weighted by atomic mass is 31.2.